The Morgan fingerprint density at radius 2 is 1.88 bits per heavy atom. The Balaban J connectivity index is 2.39. The fourth-order valence-corrected chi connectivity index (χ4v) is 3.05. The molecule has 0 unspecified atom stereocenters. The summed E-state index contributed by atoms with van der Waals surface area (Å²) < 4.78 is 22.5. The first-order chi connectivity index (χ1) is 7.39. The third kappa shape index (κ3) is 2.16. The summed E-state index contributed by atoms with van der Waals surface area (Å²) in [6, 6.07) is 4.56. The van der Waals surface area contributed by atoms with Gasteiger partial charge in [0.1, 0.15) is 11.6 Å². The van der Waals surface area contributed by atoms with Crippen molar-refractivity contribution in [3.05, 3.63) is 28.2 Å². The monoisotopic (exact) mass is 279 g/mol. The number of hydrogen-bond donors (Lipinski definition) is 0. The van der Waals surface area contributed by atoms with Crippen LogP contribution < -0.4 is 4.90 Å². The minimum atomic E-state index is -3.32. The number of sulfone groups is 1. The molecular weight excluding hydrogens is 273 g/mol. The highest BCUT2D eigenvalue weighted by Crippen LogP contribution is 2.29. The molecule has 0 bridgehead atoms. The molecule has 16 heavy (non-hydrogen) atoms. The molecule has 1 fully saturated rings. The lowest BCUT2D eigenvalue weighted by Crippen LogP contribution is -2.25. The largest absolute Gasteiger partial charge is 0.297 e. The van der Waals surface area contributed by atoms with E-state index in [2.05, 4.69) is 0 Å². The zero-order valence-electron chi connectivity index (χ0n) is 7.98. The summed E-state index contributed by atoms with van der Waals surface area (Å²) in [4.78, 5) is 12.6. The molecule has 7 heteroatoms. The molecule has 0 N–H and O–H groups in total. The van der Waals surface area contributed by atoms with E-state index in [1.807, 2.05) is 0 Å². The van der Waals surface area contributed by atoms with Gasteiger partial charge < -0.3 is 0 Å². The van der Waals surface area contributed by atoms with E-state index in [-0.39, 0.29) is 10.9 Å². The van der Waals surface area contributed by atoms with Crippen molar-refractivity contribution in [3.8, 4) is 0 Å². The Morgan fingerprint density at radius 3 is 2.38 bits per heavy atom. The van der Waals surface area contributed by atoms with Crippen molar-refractivity contribution >= 4 is 44.6 Å². The number of halogens is 2. The summed E-state index contributed by atoms with van der Waals surface area (Å²) in [7, 11) is -3.32. The number of rotatable bonds is 1. The zero-order chi connectivity index (χ0) is 11.9. The van der Waals surface area contributed by atoms with Crippen molar-refractivity contribution in [2.75, 3.05) is 16.5 Å². The van der Waals surface area contributed by atoms with Crippen LogP contribution in [0.2, 0.25) is 10.0 Å². The van der Waals surface area contributed by atoms with Gasteiger partial charge in [0.2, 0.25) is 5.91 Å². The van der Waals surface area contributed by atoms with Crippen LogP contribution in [0.1, 0.15) is 0 Å². The molecule has 0 atom stereocenters. The van der Waals surface area contributed by atoms with Gasteiger partial charge in [0.05, 0.1) is 10.0 Å². The SMILES string of the molecule is O=C1CS(=O)(=O)CN1c1ccc(Cl)c(Cl)c1. The van der Waals surface area contributed by atoms with E-state index in [0.29, 0.717) is 10.7 Å². The number of benzene rings is 1. The van der Waals surface area contributed by atoms with E-state index >= 15 is 0 Å². The van der Waals surface area contributed by atoms with Gasteiger partial charge in [-0.15, -0.1) is 0 Å². The predicted molar refractivity (Wildman–Crippen MR) is 62.6 cm³/mol. The van der Waals surface area contributed by atoms with Crippen molar-refractivity contribution < 1.29 is 13.2 Å². The molecule has 86 valence electrons. The molecular formula is C9H7Cl2NO3S. The third-order valence-corrected chi connectivity index (χ3v) is 4.26. The average molecular weight is 280 g/mol. The summed E-state index contributed by atoms with van der Waals surface area (Å²) in [5.74, 6) is -1.20. The van der Waals surface area contributed by atoms with Crippen LogP contribution in [0.3, 0.4) is 0 Å². The lowest BCUT2D eigenvalue weighted by atomic mass is 10.3. The molecule has 1 aliphatic heterocycles. The van der Waals surface area contributed by atoms with Gasteiger partial charge in [-0.3, -0.25) is 9.69 Å². The van der Waals surface area contributed by atoms with E-state index in [1.54, 1.807) is 6.07 Å². The molecule has 1 aliphatic rings. The summed E-state index contributed by atoms with van der Waals surface area (Å²) in [5, 5.41) is 0.649. The van der Waals surface area contributed by atoms with E-state index in [0.717, 1.165) is 0 Å². The topological polar surface area (TPSA) is 54.5 Å². The summed E-state index contributed by atoms with van der Waals surface area (Å²) in [6.07, 6.45) is 0. The Morgan fingerprint density at radius 1 is 1.19 bits per heavy atom. The van der Waals surface area contributed by atoms with Crippen LogP contribution in [-0.4, -0.2) is 26.0 Å². The van der Waals surface area contributed by atoms with Crippen molar-refractivity contribution in [1.82, 2.24) is 0 Å². The first kappa shape index (κ1) is 11.7. The maximum absolute atomic E-state index is 11.5. The summed E-state index contributed by atoms with van der Waals surface area (Å²) >= 11 is 11.5. The first-order valence-corrected chi connectivity index (χ1v) is 6.93. The van der Waals surface area contributed by atoms with Crippen LogP contribution in [0.5, 0.6) is 0 Å². The lowest BCUT2D eigenvalue weighted by molar-refractivity contribution is -0.115. The van der Waals surface area contributed by atoms with Crippen molar-refractivity contribution in [3.63, 3.8) is 0 Å². The van der Waals surface area contributed by atoms with Gasteiger partial charge in [-0.05, 0) is 18.2 Å². The van der Waals surface area contributed by atoms with Gasteiger partial charge in [0, 0.05) is 5.69 Å². The molecule has 0 aromatic heterocycles. The minimum absolute atomic E-state index is 0.288. The van der Waals surface area contributed by atoms with E-state index in [9.17, 15) is 13.2 Å². The Hall–Kier alpha value is -0.780. The molecule has 0 spiro atoms. The van der Waals surface area contributed by atoms with E-state index in [1.165, 1.54) is 17.0 Å². The average Bonchev–Trinajstić information content (AvgIpc) is 2.45. The van der Waals surface area contributed by atoms with Gasteiger partial charge in [-0.25, -0.2) is 8.42 Å². The predicted octanol–water partition coefficient (Wildman–Crippen LogP) is 1.71. The Kier molecular flexibility index (Phi) is 2.86. The molecule has 4 nitrogen and oxygen atoms in total. The van der Waals surface area contributed by atoms with Gasteiger partial charge in [0.25, 0.3) is 0 Å². The maximum atomic E-state index is 11.5. The molecule has 1 saturated heterocycles. The highest BCUT2D eigenvalue weighted by atomic mass is 35.5. The third-order valence-electron chi connectivity index (χ3n) is 2.19. The van der Waals surface area contributed by atoms with Crippen molar-refractivity contribution in [2.24, 2.45) is 0 Å². The van der Waals surface area contributed by atoms with Gasteiger partial charge in [0.15, 0.2) is 9.84 Å². The molecule has 1 aromatic carbocycles. The van der Waals surface area contributed by atoms with Crippen LogP contribution in [0.25, 0.3) is 0 Å². The number of nitrogens with zero attached hydrogens (tertiary/aromatic N) is 1. The van der Waals surface area contributed by atoms with Crippen LogP contribution in [0.15, 0.2) is 18.2 Å². The smallest absolute Gasteiger partial charge is 0.243 e. The molecule has 0 radical (unpaired) electrons. The second-order valence-electron chi connectivity index (χ2n) is 3.44. The van der Waals surface area contributed by atoms with Crippen LogP contribution in [0, 0.1) is 0 Å². The maximum Gasteiger partial charge on any atom is 0.243 e. The highest BCUT2D eigenvalue weighted by molar-refractivity contribution is 7.92. The number of hydrogen-bond acceptors (Lipinski definition) is 3. The zero-order valence-corrected chi connectivity index (χ0v) is 10.3. The standard InChI is InChI=1S/C9H7Cl2NO3S/c10-7-2-1-6(3-8(7)11)12-5-16(14,15)4-9(12)13/h1-3H,4-5H2. The van der Waals surface area contributed by atoms with Gasteiger partial charge in [-0.1, -0.05) is 23.2 Å². The van der Waals surface area contributed by atoms with E-state index in [4.69, 9.17) is 23.2 Å². The van der Waals surface area contributed by atoms with Crippen LogP contribution in [-0.2, 0) is 14.6 Å². The van der Waals surface area contributed by atoms with Crippen molar-refractivity contribution in [1.29, 1.82) is 0 Å². The number of anilines is 1. The minimum Gasteiger partial charge on any atom is -0.297 e. The number of amides is 1. The van der Waals surface area contributed by atoms with Crippen LogP contribution in [0.4, 0.5) is 5.69 Å². The normalized spacial score (nSPS) is 19.1. The molecule has 0 aliphatic carbocycles. The van der Waals surface area contributed by atoms with E-state index < -0.39 is 21.5 Å². The highest BCUT2D eigenvalue weighted by Gasteiger charge is 2.34. The lowest BCUT2D eigenvalue weighted by Gasteiger charge is -2.14. The summed E-state index contributed by atoms with van der Waals surface area (Å²) in [5.41, 5.74) is 0.445. The molecule has 1 amide bonds. The van der Waals surface area contributed by atoms with Crippen LogP contribution >= 0.6 is 23.2 Å². The molecule has 1 aromatic rings. The Labute approximate surface area is 103 Å². The molecule has 2 rings (SSSR count). The fourth-order valence-electron chi connectivity index (χ4n) is 1.45. The molecule has 1 heterocycles. The van der Waals surface area contributed by atoms with Gasteiger partial charge in [-0.2, -0.15) is 0 Å². The summed E-state index contributed by atoms with van der Waals surface area (Å²) in [6.45, 7) is 0. The number of carbonyl (C=O) groups is 1. The second-order valence-corrected chi connectivity index (χ2v) is 6.29. The number of carbonyl (C=O) groups excluding carboxylic acids is 1. The fraction of sp³-hybridized carbons (Fsp3) is 0.222. The second kappa shape index (κ2) is 3.91. The molecule has 0 saturated carbocycles. The first-order valence-electron chi connectivity index (χ1n) is 4.35. The van der Waals surface area contributed by atoms with Gasteiger partial charge >= 0.3 is 0 Å². The van der Waals surface area contributed by atoms with Crippen molar-refractivity contribution in [2.45, 2.75) is 0 Å². The Bertz CT molecular complexity index is 556. The quantitative estimate of drug-likeness (QED) is 0.787.